The van der Waals surface area contributed by atoms with E-state index in [1.54, 1.807) is 48.5 Å². The summed E-state index contributed by atoms with van der Waals surface area (Å²) in [5.41, 5.74) is 1.57. The molecule has 0 fully saturated rings. The Hall–Kier alpha value is -2.27. The first-order valence-corrected chi connectivity index (χ1v) is 6.64. The molecule has 108 valence electrons. The van der Waals surface area contributed by atoms with Crippen molar-refractivity contribution in [3.8, 4) is 0 Å². The summed E-state index contributed by atoms with van der Waals surface area (Å²) in [4.78, 5) is 4.22. The molecule has 5 heteroatoms. The molecule has 21 heavy (non-hydrogen) atoms. The predicted octanol–water partition coefficient (Wildman–Crippen LogP) is 3.71. The smallest absolute Gasteiger partial charge is 0.320 e. The number of aliphatic hydroxyl groups excluding tert-OH is 1. The number of para-hydroxylation sites is 2. The molecule has 0 aliphatic carbocycles. The van der Waals surface area contributed by atoms with Crippen LogP contribution in [0.5, 0.6) is 0 Å². The minimum atomic E-state index is -2.68. The van der Waals surface area contributed by atoms with E-state index >= 15 is 0 Å². The normalized spacial score (nSPS) is 13.0. The van der Waals surface area contributed by atoms with E-state index in [1.807, 2.05) is 6.07 Å². The largest absolute Gasteiger partial charge is 0.388 e. The topological polar surface area (TPSA) is 38.1 Å². The summed E-state index contributed by atoms with van der Waals surface area (Å²) in [6, 6.07) is 15.7. The Morgan fingerprint density at radius 3 is 2.38 bits per heavy atom. The van der Waals surface area contributed by atoms with Crippen molar-refractivity contribution in [2.45, 2.75) is 19.1 Å². The van der Waals surface area contributed by atoms with Gasteiger partial charge in [0.05, 0.1) is 17.1 Å². The second-order valence-electron chi connectivity index (χ2n) is 4.80. The lowest BCUT2D eigenvalue weighted by molar-refractivity contribution is 0.0684. The first-order chi connectivity index (χ1) is 10.2. The quantitative estimate of drug-likeness (QED) is 0.794. The first-order valence-electron chi connectivity index (χ1n) is 6.64. The summed E-state index contributed by atoms with van der Waals surface area (Å²) in [5.74, 6) is 0.183. The molecule has 0 saturated carbocycles. The Morgan fingerprint density at radius 1 is 1.00 bits per heavy atom. The molecule has 0 radical (unpaired) electrons. The molecule has 1 unspecified atom stereocenters. The zero-order valence-corrected chi connectivity index (χ0v) is 11.2. The lowest BCUT2D eigenvalue weighted by Gasteiger charge is -2.12. The molecule has 3 nitrogen and oxygen atoms in total. The van der Waals surface area contributed by atoms with Gasteiger partial charge >= 0.3 is 6.55 Å². The highest BCUT2D eigenvalue weighted by Gasteiger charge is 2.20. The lowest BCUT2D eigenvalue weighted by atomic mass is 10.1. The average Bonchev–Trinajstić information content (AvgIpc) is 2.86. The molecule has 0 saturated heterocycles. The maximum Gasteiger partial charge on any atom is 0.320 e. The number of aliphatic hydroxyl groups is 1. The molecule has 1 heterocycles. The summed E-state index contributed by atoms with van der Waals surface area (Å²) in [7, 11) is 0. The molecule has 3 aromatic rings. The van der Waals surface area contributed by atoms with E-state index in [4.69, 9.17) is 0 Å². The van der Waals surface area contributed by atoms with Gasteiger partial charge in [-0.1, -0.05) is 42.5 Å². The number of nitrogens with zero attached hydrogens (tertiary/aromatic N) is 2. The van der Waals surface area contributed by atoms with Gasteiger partial charge < -0.3 is 5.11 Å². The molecule has 0 bridgehead atoms. The third-order valence-corrected chi connectivity index (χ3v) is 3.42. The number of rotatable bonds is 4. The van der Waals surface area contributed by atoms with Gasteiger partial charge in [0.2, 0.25) is 0 Å². The lowest BCUT2D eigenvalue weighted by Crippen LogP contribution is -2.09. The minimum absolute atomic E-state index is 0.0447. The van der Waals surface area contributed by atoms with Crippen molar-refractivity contribution in [3.05, 3.63) is 66.0 Å². The van der Waals surface area contributed by atoms with Gasteiger partial charge in [-0.2, -0.15) is 8.78 Å². The number of halogens is 2. The number of aromatic nitrogens is 2. The van der Waals surface area contributed by atoms with E-state index in [0.717, 1.165) is 4.57 Å². The van der Waals surface area contributed by atoms with E-state index in [1.165, 1.54) is 0 Å². The van der Waals surface area contributed by atoms with Crippen molar-refractivity contribution < 1.29 is 13.9 Å². The second-order valence-corrected chi connectivity index (χ2v) is 4.80. The number of benzene rings is 2. The van der Waals surface area contributed by atoms with Crippen molar-refractivity contribution >= 4 is 11.0 Å². The van der Waals surface area contributed by atoms with Gasteiger partial charge in [-0.15, -0.1) is 0 Å². The highest BCUT2D eigenvalue weighted by molar-refractivity contribution is 5.76. The fraction of sp³-hybridized carbons (Fsp3) is 0.188. The molecule has 3 rings (SSSR count). The fourth-order valence-electron chi connectivity index (χ4n) is 2.42. The van der Waals surface area contributed by atoms with Gasteiger partial charge in [0.25, 0.3) is 0 Å². The molecule has 0 aliphatic rings. The van der Waals surface area contributed by atoms with Gasteiger partial charge in [0, 0.05) is 6.42 Å². The van der Waals surface area contributed by atoms with Crippen LogP contribution in [0.4, 0.5) is 8.78 Å². The number of imidazole rings is 1. The van der Waals surface area contributed by atoms with Gasteiger partial charge in [-0.3, -0.25) is 4.57 Å². The SMILES string of the molecule is OC(Cc1nc2ccccc2n1C(F)F)c1ccccc1. The van der Waals surface area contributed by atoms with Crippen LogP contribution in [0.15, 0.2) is 54.6 Å². The van der Waals surface area contributed by atoms with Crippen LogP contribution in [0.25, 0.3) is 11.0 Å². The minimum Gasteiger partial charge on any atom is -0.388 e. The van der Waals surface area contributed by atoms with E-state index in [-0.39, 0.29) is 12.2 Å². The van der Waals surface area contributed by atoms with Gasteiger partial charge in [0.1, 0.15) is 5.82 Å². The molecular weight excluding hydrogens is 274 g/mol. The number of hydrogen-bond acceptors (Lipinski definition) is 2. The van der Waals surface area contributed by atoms with Crippen molar-refractivity contribution in [3.63, 3.8) is 0 Å². The van der Waals surface area contributed by atoms with Crippen LogP contribution >= 0.6 is 0 Å². The Labute approximate surface area is 120 Å². The van der Waals surface area contributed by atoms with Crippen LogP contribution in [0.2, 0.25) is 0 Å². The average molecular weight is 288 g/mol. The Kier molecular flexibility index (Phi) is 3.66. The standard InChI is InChI=1S/C16H14F2N2O/c17-16(18)20-13-9-5-4-8-12(13)19-15(20)10-14(21)11-6-2-1-3-7-11/h1-9,14,16,21H,10H2. The van der Waals surface area contributed by atoms with Crippen molar-refractivity contribution in [2.75, 3.05) is 0 Å². The summed E-state index contributed by atoms with van der Waals surface area (Å²) in [6.07, 6.45) is -0.816. The molecule has 1 N–H and O–H groups in total. The van der Waals surface area contributed by atoms with E-state index in [2.05, 4.69) is 4.98 Å². The van der Waals surface area contributed by atoms with Crippen LogP contribution in [-0.2, 0) is 6.42 Å². The van der Waals surface area contributed by atoms with Crippen LogP contribution in [0.3, 0.4) is 0 Å². The molecule has 1 atom stereocenters. The maximum absolute atomic E-state index is 13.3. The van der Waals surface area contributed by atoms with Crippen LogP contribution in [-0.4, -0.2) is 14.7 Å². The highest BCUT2D eigenvalue weighted by Crippen LogP contribution is 2.26. The van der Waals surface area contributed by atoms with Crippen LogP contribution in [0, 0.1) is 0 Å². The van der Waals surface area contributed by atoms with Crippen molar-refractivity contribution in [1.82, 2.24) is 9.55 Å². The Balaban J connectivity index is 1.98. The van der Waals surface area contributed by atoms with E-state index < -0.39 is 12.7 Å². The summed E-state index contributed by atoms with van der Waals surface area (Å²) < 4.78 is 27.4. The third kappa shape index (κ3) is 2.64. The van der Waals surface area contributed by atoms with Crippen LogP contribution in [0.1, 0.15) is 24.0 Å². The fourth-order valence-corrected chi connectivity index (χ4v) is 2.42. The summed E-state index contributed by atoms with van der Waals surface area (Å²) in [5, 5.41) is 10.2. The van der Waals surface area contributed by atoms with Gasteiger partial charge in [0.15, 0.2) is 0 Å². The van der Waals surface area contributed by atoms with Crippen molar-refractivity contribution in [1.29, 1.82) is 0 Å². The number of fused-ring (bicyclic) bond motifs is 1. The van der Waals surface area contributed by atoms with Crippen molar-refractivity contribution in [2.24, 2.45) is 0 Å². The first kappa shape index (κ1) is 13.7. The number of hydrogen-bond donors (Lipinski definition) is 1. The molecule has 2 aromatic carbocycles. The Bertz CT molecular complexity index is 740. The highest BCUT2D eigenvalue weighted by atomic mass is 19.3. The third-order valence-electron chi connectivity index (χ3n) is 3.42. The van der Waals surface area contributed by atoms with E-state index in [9.17, 15) is 13.9 Å². The zero-order valence-electron chi connectivity index (χ0n) is 11.2. The molecule has 0 spiro atoms. The predicted molar refractivity (Wildman–Crippen MR) is 76.1 cm³/mol. The van der Waals surface area contributed by atoms with Gasteiger partial charge in [-0.25, -0.2) is 4.98 Å². The summed E-state index contributed by atoms with van der Waals surface area (Å²) in [6.45, 7) is -2.68. The van der Waals surface area contributed by atoms with E-state index in [0.29, 0.717) is 16.6 Å². The Morgan fingerprint density at radius 2 is 1.67 bits per heavy atom. The molecule has 0 amide bonds. The molecule has 1 aromatic heterocycles. The number of alkyl halides is 2. The van der Waals surface area contributed by atoms with Gasteiger partial charge in [-0.05, 0) is 17.7 Å². The summed E-state index contributed by atoms with van der Waals surface area (Å²) >= 11 is 0. The second kappa shape index (κ2) is 5.61. The monoisotopic (exact) mass is 288 g/mol. The zero-order chi connectivity index (χ0) is 14.8. The van der Waals surface area contributed by atoms with Crippen LogP contribution < -0.4 is 0 Å². The molecule has 0 aliphatic heterocycles. The maximum atomic E-state index is 13.3. The molecular formula is C16H14F2N2O.